The number of rotatable bonds is 9. The predicted octanol–water partition coefficient (Wildman–Crippen LogP) is 4.85. The van der Waals surface area contributed by atoms with E-state index in [-0.39, 0.29) is 35.6 Å². The van der Waals surface area contributed by atoms with Gasteiger partial charge in [0, 0.05) is 24.7 Å². The van der Waals surface area contributed by atoms with E-state index in [1.165, 1.54) is 61.4 Å². The van der Waals surface area contributed by atoms with Gasteiger partial charge in [-0.05, 0) is 93.4 Å². The fourth-order valence-corrected chi connectivity index (χ4v) is 8.35. The third-order valence-electron chi connectivity index (χ3n) is 8.34. The first-order valence-electron chi connectivity index (χ1n) is 13.9. The zero-order valence-corrected chi connectivity index (χ0v) is 24.6. The van der Waals surface area contributed by atoms with Gasteiger partial charge in [-0.15, -0.1) is 0 Å². The molecule has 2 fully saturated rings. The monoisotopic (exact) mass is 593 g/mol. The largest absolute Gasteiger partial charge is 0.370 e. The summed E-state index contributed by atoms with van der Waals surface area (Å²) in [5.41, 5.74) is 2.04. The number of benzene rings is 2. The number of sulfonamides is 1. The molecule has 0 aliphatic carbocycles. The summed E-state index contributed by atoms with van der Waals surface area (Å²) in [4.78, 5) is 17.4. The molecule has 2 aromatic carbocycles. The van der Waals surface area contributed by atoms with E-state index in [1.54, 1.807) is 0 Å². The van der Waals surface area contributed by atoms with Gasteiger partial charge in [-0.3, -0.25) is 4.79 Å². The highest BCUT2D eigenvalue weighted by Gasteiger charge is 2.37. The Kier molecular flexibility index (Phi) is 9.52. The van der Waals surface area contributed by atoms with Crippen molar-refractivity contribution in [2.24, 2.45) is 5.92 Å². The lowest BCUT2D eigenvalue weighted by Gasteiger charge is -2.36. The molecule has 3 heterocycles. The highest BCUT2D eigenvalue weighted by molar-refractivity contribution is 7.89. The molecule has 1 atom stereocenters. The van der Waals surface area contributed by atoms with Crippen molar-refractivity contribution in [3.8, 4) is 0 Å². The number of carbonyl (C=O) groups excluding carboxylic acids is 1. The minimum absolute atomic E-state index is 0.0154. The van der Waals surface area contributed by atoms with Crippen LogP contribution in [-0.2, 0) is 32.5 Å². The van der Waals surface area contributed by atoms with E-state index in [0.29, 0.717) is 17.4 Å². The first-order chi connectivity index (χ1) is 18.8. The quantitative estimate of drug-likeness (QED) is 0.415. The second-order valence-corrected chi connectivity index (χ2v) is 13.6. The van der Waals surface area contributed by atoms with Crippen molar-refractivity contribution in [2.75, 3.05) is 45.9 Å². The molecule has 10 heteroatoms. The zero-order chi connectivity index (χ0) is 27.4. The number of piperidine rings is 1. The van der Waals surface area contributed by atoms with Crippen molar-refractivity contribution in [1.82, 2.24) is 14.1 Å². The molecule has 2 saturated heterocycles. The van der Waals surface area contributed by atoms with Gasteiger partial charge >= 0.3 is 0 Å². The van der Waals surface area contributed by atoms with Crippen LogP contribution in [0.3, 0.4) is 0 Å². The third kappa shape index (κ3) is 6.97. The first-order valence-corrected chi connectivity index (χ1v) is 16.1. The molecular weight excluding hydrogens is 557 g/mol. The summed E-state index contributed by atoms with van der Waals surface area (Å²) in [7, 11) is -3.93. The lowest BCUT2D eigenvalue weighted by molar-refractivity contribution is -0.138. The topological polar surface area (TPSA) is 70.2 Å². The Morgan fingerprint density at radius 1 is 0.974 bits per heavy atom. The van der Waals surface area contributed by atoms with Crippen LogP contribution < -0.4 is 0 Å². The van der Waals surface area contributed by atoms with E-state index >= 15 is 0 Å². The molecule has 0 aromatic heterocycles. The summed E-state index contributed by atoms with van der Waals surface area (Å²) in [5, 5.41) is 0.456. The van der Waals surface area contributed by atoms with Crippen LogP contribution in [0.5, 0.6) is 0 Å². The van der Waals surface area contributed by atoms with E-state index in [2.05, 4.69) is 4.90 Å². The summed E-state index contributed by atoms with van der Waals surface area (Å²) >= 11 is 12.3. The Bertz CT molecular complexity index is 1260. The Morgan fingerprint density at radius 2 is 1.69 bits per heavy atom. The van der Waals surface area contributed by atoms with Crippen molar-refractivity contribution in [2.45, 2.75) is 56.0 Å². The van der Waals surface area contributed by atoms with Gasteiger partial charge in [-0.1, -0.05) is 47.5 Å². The molecule has 0 N–H and O–H groups in total. The van der Waals surface area contributed by atoms with Crippen LogP contribution >= 0.6 is 23.2 Å². The van der Waals surface area contributed by atoms with Crippen molar-refractivity contribution in [1.29, 1.82) is 0 Å². The van der Waals surface area contributed by atoms with Crippen LogP contribution in [0.25, 0.3) is 0 Å². The van der Waals surface area contributed by atoms with E-state index in [4.69, 9.17) is 27.9 Å². The maximum absolute atomic E-state index is 13.7. The molecule has 2 aromatic rings. The third-order valence-corrected chi connectivity index (χ3v) is 11.0. The zero-order valence-electron chi connectivity index (χ0n) is 22.2. The Labute approximate surface area is 242 Å². The number of nitrogens with zero attached hydrogens (tertiary/aromatic N) is 3. The van der Waals surface area contributed by atoms with Crippen LogP contribution in [0.2, 0.25) is 10.0 Å². The molecule has 0 bridgehead atoms. The highest BCUT2D eigenvalue weighted by Crippen LogP contribution is 2.33. The molecule has 1 amide bonds. The summed E-state index contributed by atoms with van der Waals surface area (Å²) in [6.45, 7) is 5.44. The number of fused-ring (bicyclic) bond motifs is 1. The lowest BCUT2D eigenvalue weighted by atomic mass is 9.93. The SMILES string of the molecule is O=C(COC[C@@H]1Cc2ccccc2CN1S(=O)(=O)c1ccc(Cl)cc1Cl)N1CCC(CCN2CCCC2)CC1. The van der Waals surface area contributed by atoms with Crippen molar-refractivity contribution >= 4 is 39.1 Å². The Balaban J connectivity index is 1.18. The summed E-state index contributed by atoms with van der Waals surface area (Å²) in [5.74, 6) is 0.649. The van der Waals surface area contributed by atoms with Crippen LogP contribution in [0, 0.1) is 5.92 Å². The van der Waals surface area contributed by atoms with Gasteiger partial charge in [0.1, 0.15) is 11.5 Å². The summed E-state index contributed by atoms with van der Waals surface area (Å²) in [6, 6.07) is 11.8. The average Bonchev–Trinajstić information content (AvgIpc) is 3.45. The molecule has 212 valence electrons. The minimum atomic E-state index is -3.93. The number of likely N-dealkylation sites (tertiary alicyclic amines) is 2. The standard InChI is InChI=1S/C29H37Cl2N3O4S/c30-25-7-8-28(27(31)18-25)39(36,37)34-19-24-6-2-1-5-23(24)17-26(34)20-38-21-29(35)33-15-10-22(11-16-33)9-14-32-12-3-4-13-32/h1-2,5-8,18,22,26H,3-4,9-17,19-21H2/t26-/m0/s1. The van der Waals surface area contributed by atoms with Gasteiger partial charge in [0.2, 0.25) is 15.9 Å². The van der Waals surface area contributed by atoms with Gasteiger partial charge in [-0.2, -0.15) is 4.31 Å². The lowest BCUT2D eigenvalue weighted by Crippen LogP contribution is -2.47. The first kappa shape index (κ1) is 28.8. The van der Waals surface area contributed by atoms with E-state index in [0.717, 1.165) is 37.1 Å². The minimum Gasteiger partial charge on any atom is -0.370 e. The molecule has 7 nitrogen and oxygen atoms in total. The smallest absolute Gasteiger partial charge is 0.248 e. The van der Waals surface area contributed by atoms with Crippen LogP contribution in [0.1, 0.15) is 43.2 Å². The van der Waals surface area contributed by atoms with Gasteiger partial charge in [0.15, 0.2) is 0 Å². The van der Waals surface area contributed by atoms with E-state index in [9.17, 15) is 13.2 Å². The molecule has 3 aliphatic heterocycles. The van der Waals surface area contributed by atoms with E-state index < -0.39 is 16.1 Å². The normalized spacial score (nSPS) is 21.3. The number of ether oxygens (including phenoxy) is 1. The molecule has 5 rings (SSSR count). The van der Waals surface area contributed by atoms with Crippen LogP contribution in [0.4, 0.5) is 0 Å². The molecule has 0 radical (unpaired) electrons. The van der Waals surface area contributed by atoms with Crippen molar-refractivity contribution < 1.29 is 17.9 Å². The Morgan fingerprint density at radius 3 is 2.41 bits per heavy atom. The maximum Gasteiger partial charge on any atom is 0.248 e. The second kappa shape index (κ2) is 12.9. The van der Waals surface area contributed by atoms with Gasteiger partial charge < -0.3 is 14.5 Å². The molecule has 0 saturated carbocycles. The fraction of sp³-hybridized carbons (Fsp3) is 0.552. The highest BCUT2D eigenvalue weighted by atomic mass is 35.5. The average molecular weight is 595 g/mol. The van der Waals surface area contributed by atoms with Crippen LogP contribution in [-0.4, -0.2) is 80.4 Å². The number of carbonyl (C=O) groups is 1. The van der Waals surface area contributed by atoms with Gasteiger partial charge in [-0.25, -0.2) is 8.42 Å². The van der Waals surface area contributed by atoms with Crippen LogP contribution in [0.15, 0.2) is 47.4 Å². The number of hydrogen-bond acceptors (Lipinski definition) is 5. The van der Waals surface area contributed by atoms with E-state index in [1.807, 2.05) is 29.2 Å². The Hall–Kier alpha value is -1.68. The molecule has 3 aliphatic rings. The molecule has 0 spiro atoms. The fourth-order valence-electron chi connectivity index (χ4n) is 6.01. The molecule has 39 heavy (non-hydrogen) atoms. The number of halogens is 2. The maximum atomic E-state index is 13.7. The van der Waals surface area contributed by atoms with Crippen molar-refractivity contribution in [3.05, 3.63) is 63.6 Å². The molecule has 0 unspecified atom stereocenters. The van der Waals surface area contributed by atoms with Gasteiger partial charge in [0.25, 0.3) is 0 Å². The number of amides is 1. The van der Waals surface area contributed by atoms with Crippen molar-refractivity contribution in [3.63, 3.8) is 0 Å². The summed E-state index contributed by atoms with van der Waals surface area (Å²) < 4.78 is 34.8. The summed E-state index contributed by atoms with van der Waals surface area (Å²) in [6.07, 6.45) is 6.42. The molecular formula is C29H37Cl2N3O4S. The second-order valence-electron chi connectivity index (χ2n) is 10.9. The van der Waals surface area contributed by atoms with Gasteiger partial charge in [0.05, 0.1) is 17.7 Å². The number of hydrogen-bond donors (Lipinski definition) is 0. The predicted molar refractivity (Wildman–Crippen MR) is 154 cm³/mol.